The van der Waals surface area contributed by atoms with Crippen molar-refractivity contribution in [3.63, 3.8) is 0 Å². The molecule has 164 valence electrons. The Hall–Kier alpha value is -0.620. The number of aliphatic hydroxyl groups excluding tert-OH is 5. The highest BCUT2D eigenvalue weighted by molar-refractivity contribution is 5.21. The zero-order valence-electron chi connectivity index (χ0n) is 16.8. The summed E-state index contributed by atoms with van der Waals surface area (Å²) in [4.78, 5) is 0. The van der Waals surface area contributed by atoms with Gasteiger partial charge in [-0.3, -0.25) is 0 Å². The molecule has 7 N–H and O–H groups in total. The van der Waals surface area contributed by atoms with Gasteiger partial charge < -0.3 is 45.2 Å². The molecule has 1 aliphatic heterocycles. The highest BCUT2D eigenvalue weighted by Gasteiger charge is 2.59. The van der Waals surface area contributed by atoms with Crippen molar-refractivity contribution >= 4 is 0 Å². The fraction of sp³-hybridized carbons (Fsp3) is 0.895. The second-order valence-corrected chi connectivity index (χ2v) is 8.89. The van der Waals surface area contributed by atoms with Crippen molar-refractivity contribution in [1.82, 2.24) is 0 Å². The minimum atomic E-state index is -1.65. The Morgan fingerprint density at radius 3 is 2.18 bits per heavy atom. The lowest BCUT2D eigenvalue weighted by molar-refractivity contribution is -0.326. The average Bonchev–Trinajstić information content (AvgIpc) is 2.57. The van der Waals surface area contributed by atoms with Crippen LogP contribution in [0.3, 0.4) is 0 Å². The molecule has 9 atom stereocenters. The minimum absolute atomic E-state index is 0.00784. The van der Waals surface area contributed by atoms with Crippen LogP contribution in [-0.4, -0.2) is 96.5 Å². The van der Waals surface area contributed by atoms with Crippen molar-refractivity contribution in [3.05, 3.63) is 12.2 Å². The Balaban J connectivity index is 2.20. The molecule has 9 nitrogen and oxygen atoms in total. The van der Waals surface area contributed by atoms with E-state index in [9.17, 15) is 35.7 Å². The molecule has 1 heterocycles. The standard InChI is InChI=1S/C19H34O9/c1-10(21)5-6-19(26)17(2,3)7-11(8-18(19,4)25)27-16-15(24)14(23)13(22)12(9-20)28-16/h5-6,10-16,20-26H,7-9H2,1-4H3. The van der Waals surface area contributed by atoms with E-state index in [1.165, 1.54) is 26.0 Å². The van der Waals surface area contributed by atoms with Crippen LogP contribution in [0.1, 0.15) is 40.5 Å². The van der Waals surface area contributed by atoms with Crippen LogP contribution in [-0.2, 0) is 9.47 Å². The molecule has 2 fully saturated rings. The van der Waals surface area contributed by atoms with Crippen LogP contribution in [0.2, 0.25) is 0 Å². The van der Waals surface area contributed by atoms with E-state index in [4.69, 9.17) is 9.47 Å². The van der Waals surface area contributed by atoms with Crippen LogP contribution >= 0.6 is 0 Å². The maximum Gasteiger partial charge on any atom is 0.186 e. The van der Waals surface area contributed by atoms with Crippen LogP contribution in [0, 0.1) is 5.41 Å². The van der Waals surface area contributed by atoms with E-state index in [0.29, 0.717) is 0 Å². The predicted molar refractivity (Wildman–Crippen MR) is 98.0 cm³/mol. The number of hydrogen-bond acceptors (Lipinski definition) is 9. The van der Waals surface area contributed by atoms with Crippen LogP contribution in [0.25, 0.3) is 0 Å². The van der Waals surface area contributed by atoms with Gasteiger partial charge in [-0.1, -0.05) is 26.0 Å². The van der Waals surface area contributed by atoms with Crippen LogP contribution in [0.5, 0.6) is 0 Å². The molecule has 9 heteroatoms. The van der Waals surface area contributed by atoms with Gasteiger partial charge in [0.05, 0.1) is 24.4 Å². The Labute approximate surface area is 164 Å². The smallest absolute Gasteiger partial charge is 0.186 e. The summed E-state index contributed by atoms with van der Waals surface area (Å²) in [6, 6.07) is 0. The van der Waals surface area contributed by atoms with E-state index >= 15 is 0 Å². The Morgan fingerprint density at radius 2 is 1.68 bits per heavy atom. The van der Waals surface area contributed by atoms with E-state index < -0.39 is 66.1 Å². The molecule has 0 aromatic heterocycles. The van der Waals surface area contributed by atoms with Crippen molar-refractivity contribution in [2.75, 3.05) is 6.61 Å². The first-order valence-electron chi connectivity index (χ1n) is 9.54. The van der Waals surface area contributed by atoms with Gasteiger partial charge in [0.25, 0.3) is 0 Å². The molecule has 1 saturated carbocycles. The zero-order chi connectivity index (χ0) is 21.5. The molecule has 28 heavy (non-hydrogen) atoms. The summed E-state index contributed by atoms with van der Waals surface area (Å²) in [5.41, 5.74) is -4.15. The SMILES string of the molecule is CC(O)C=CC1(O)C(C)(C)CC(OC2OC(CO)C(O)C(O)C2O)CC1(C)O. The maximum absolute atomic E-state index is 11.2. The second kappa shape index (κ2) is 8.25. The van der Waals surface area contributed by atoms with E-state index in [-0.39, 0.29) is 12.8 Å². The van der Waals surface area contributed by atoms with Crippen molar-refractivity contribution in [2.45, 2.75) is 94.7 Å². The highest BCUT2D eigenvalue weighted by Crippen LogP contribution is 2.51. The Kier molecular flexibility index (Phi) is 6.97. The summed E-state index contributed by atoms with van der Waals surface area (Å²) in [6.45, 7) is 5.93. The first-order valence-corrected chi connectivity index (χ1v) is 9.54. The largest absolute Gasteiger partial charge is 0.394 e. The molecule has 0 spiro atoms. The number of hydrogen-bond donors (Lipinski definition) is 7. The van der Waals surface area contributed by atoms with Gasteiger partial charge >= 0.3 is 0 Å². The van der Waals surface area contributed by atoms with Crippen LogP contribution in [0.4, 0.5) is 0 Å². The van der Waals surface area contributed by atoms with E-state index in [2.05, 4.69) is 0 Å². The van der Waals surface area contributed by atoms with Gasteiger partial charge in [0, 0.05) is 11.8 Å². The van der Waals surface area contributed by atoms with E-state index in [0.717, 1.165) is 0 Å². The monoisotopic (exact) mass is 406 g/mol. The lowest BCUT2D eigenvalue weighted by atomic mass is 9.57. The second-order valence-electron chi connectivity index (χ2n) is 8.89. The average molecular weight is 406 g/mol. The first kappa shape index (κ1) is 23.7. The summed E-state index contributed by atoms with van der Waals surface area (Å²) >= 11 is 0. The third kappa shape index (κ3) is 4.28. The minimum Gasteiger partial charge on any atom is -0.394 e. The summed E-state index contributed by atoms with van der Waals surface area (Å²) in [5, 5.41) is 71.0. The van der Waals surface area contributed by atoms with Crippen molar-refractivity contribution in [2.24, 2.45) is 5.41 Å². The summed E-state index contributed by atoms with van der Waals surface area (Å²) in [7, 11) is 0. The normalized spacial score (nSPS) is 48.0. The predicted octanol–water partition coefficient (Wildman–Crippen LogP) is -1.59. The molecule has 0 aromatic rings. The number of rotatable bonds is 5. The molecule has 9 unspecified atom stereocenters. The van der Waals surface area contributed by atoms with Crippen LogP contribution < -0.4 is 0 Å². The molecule has 2 aliphatic rings. The van der Waals surface area contributed by atoms with Gasteiger partial charge in [-0.25, -0.2) is 0 Å². The van der Waals surface area contributed by atoms with Gasteiger partial charge in [0.15, 0.2) is 6.29 Å². The Bertz CT molecular complexity index is 540. The van der Waals surface area contributed by atoms with Crippen molar-refractivity contribution < 1.29 is 45.2 Å². The van der Waals surface area contributed by atoms with Crippen LogP contribution in [0.15, 0.2) is 12.2 Å². The fourth-order valence-electron chi connectivity index (χ4n) is 4.27. The van der Waals surface area contributed by atoms with Gasteiger partial charge in [-0.05, 0) is 20.3 Å². The lowest BCUT2D eigenvalue weighted by Crippen LogP contribution is -2.66. The third-order valence-electron chi connectivity index (χ3n) is 6.01. The summed E-state index contributed by atoms with van der Waals surface area (Å²) < 4.78 is 11.2. The number of ether oxygens (including phenoxy) is 2. The molecule has 1 aliphatic carbocycles. The lowest BCUT2D eigenvalue weighted by Gasteiger charge is -2.56. The summed E-state index contributed by atoms with van der Waals surface area (Å²) in [6.07, 6.45) is -5.34. The Morgan fingerprint density at radius 1 is 1.07 bits per heavy atom. The fourth-order valence-corrected chi connectivity index (χ4v) is 4.27. The van der Waals surface area contributed by atoms with Gasteiger partial charge in [-0.15, -0.1) is 0 Å². The van der Waals surface area contributed by atoms with Crippen molar-refractivity contribution in [1.29, 1.82) is 0 Å². The maximum atomic E-state index is 11.2. The van der Waals surface area contributed by atoms with Gasteiger partial charge in [0.2, 0.25) is 0 Å². The molecule has 0 amide bonds. The molecule has 0 bridgehead atoms. The first-order chi connectivity index (χ1) is 12.8. The topological polar surface area (TPSA) is 160 Å². The molecule has 0 radical (unpaired) electrons. The third-order valence-corrected chi connectivity index (χ3v) is 6.01. The molecular weight excluding hydrogens is 372 g/mol. The molecular formula is C19H34O9. The zero-order valence-corrected chi connectivity index (χ0v) is 16.8. The quantitative estimate of drug-likeness (QED) is 0.267. The molecule has 2 rings (SSSR count). The van der Waals surface area contributed by atoms with E-state index in [1.54, 1.807) is 13.8 Å². The number of aliphatic hydroxyl groups is 7. The molecule has 1 saturated heterocycles. The van der Waals surface area contributed by atoms with Crippen molar-refractivity contribution in [3.8, 4) is 0 Å². The van der Waals surface area contributed by atoms with Gasteiger partial charge in [0.1, 0.15) is 30.0 Å². The van der Waals surface area contributed by atoms with Gasteiger partial charge in [-0.2, -0.15) is 0 Å². The highest BCUT2D eigenvalue weighted by atomic mass is 16.7. The van der Waals surface area contributed by atoms with E-state index in [1.807, 2.05) is 0 Å². The summed E-state index contributed by atoms with van der Waals surface area (Å²) in [5.74, 6) is 0. The molecule has 0 aromatic carbocycles.